The Balaban J connectivity index is 4.47. The van der Waals surface area contributed by atoms with E-state index in [4.69, 9.17) is 14.2 Å². The van der Waals surface area contributed by atoms with Gasteiger partial charge in [-0.15, -0.1) is 0 Å². The molecule has 0 aliphatic rings. The normalized spacial score (nSPS) is 13.1. The Morgan fingerprint density at radius 3 is 0.921 bits per heavy atom. The molecule has 0 aromatic rings. The molecule has 0 aromatic carbocycles. The van der Waals surface area contributed by atoms with Crippen molar-refractivity contribution in [3.8, 4) is 0 Å². The lowest BCUT2D eigenvalue weighted by molar-refractivity contribution is -0.166. The molecule has 1 atom stereocenters. The van der Waals surface area contributed by atoms with E-state index in [9.17, 15) is 14.4 Å². The van der Waals surface area contributed by atoms with Gasteiger partial charge in [-0.3, -0.25) is 14.4 Å². The summed E-state index contributed by atoms with van der Waals surface area (Å²) in [6.07, 6.45) is 90.1. The third-order valence-corrected chi connectivity index (χ3v) is 12.6. The van der Waals surface area contributed by atoms with Crippen molar-refractivity contribution >= 4 is 17.9 Å². The number of esters is 3. The number of carbonyl (C=O) groups excluding carboxylic acids is 3. The highest BCUT2D eigenvalue weighted by Crippen LogP contribution is 2.14. The SMILES string of the molecule is CC/C=C\C/C=C\C/C=C\C/C=C\C/C=C\CCCCCCCCCCCC(=O)OCC(COC(=O)C/C=C\C/C=C\C/C=C\C/C=C\C/C=C\CC)OC(=O)CCCCCCCCC/C=C\C/C=C\CCCCCC. The van der Waals surface area contributed by atoms with Crippen LogP contribution >= 0.6 is 0 Å². The molecule has 0 radical (unpaired) electrons. The van der Waals surface area contributed by atoms with E-state index in [0.717, 1.165) is 122 Å². The molecular formula is C70H112O6. The maximum absolute atomic E-state index is 12.9. The van der Waals surface area contributed by atoms with Crippen LogP contribution in [0.3, 0.4) is 0 Å². The molecule has 0 fully saturated rings. The average molecular weight is 1050 g/mol. The molecule has 0 aliphatic heterocycles. The van der Waals surface area contributed by atoms with Gasteiger partial charge in [0.05, 0.1) is 6.42 Å². The van der Waals surface area contributed by atoms with E-state index in [0.29, 0.717) is 12.8 Å². The van der Waals surface area contributed by atoms with E-state index < -0.39 is 12.1 Å². The molecule has 6 heteroatoms. The van der Waals surface area contributed by atoms with Crippen molar-refractivity contribution in [2.75, 3.05) is 13.2 Å². The van der Waals surface area contributed by atoms with Gasteiger partial charge in [0, 0.05) is 12.8 Å². The Hall–Kier alpha value is -4.71. The highest BCUT2D eigenvalue weighted by atomic mass is 16.6. The van der Waals surface area contributed by atoms with Gasteiger partial charge in [-0.05, 0) is 122 Å². The van der Waals surface area contributed by atoms with Gasteiger partial charge in [0.1, 0.15) is 13.2 Å². The Morgan fingerprint density at radius 2 is 0.566 bits per heavy atom. The third kappa shape index (κ3) is 60.2. The van der Waals surface area contributed by atoms with Crippen LogP contribution in [0.25, 0.3) is 0 Å². The molecule has 0 spiro atoms. The minimum Gasteiger partial charge on any atom is -0.462 e. The number of rotatable bonds is 54. The van der Waals surface area contributed by atoms with Crippen molar-refractivity contribution in [2.45, 2.75) is 264 Å². The molecule has 0 heterocycles. The lowest BCUT2D eigenvalue weighted by atomic mass is 10.1. The van der Waals surface area contributed by atoms with Crippen LogP contribution in [0.5, 0.6) is 0 Å². The van der Waals surface area contributed by atoms with Crippen molar-refractivity contribution < 1.29 is 28.6 Å². The predicted octanol–water partition coefficient (Wildman–Crippen LogP) is 21.2. The smallest absolute Gasteiger partial charge is 0.309 e. The van der Waals surface area contributed by atoms with Gasteiger partial charge < -0.3 is 14.2 Å². The zero-order chi connectivity index (χ0) is 55.0. The van der Waals surface area contributed by atoms with Crippen LogP contribution < -0.4 is 0 Å². The molecule has 0 N–H and O–H groups in total. The van der Waals surface area contributed by atoms with E-state index in [1.807, 2.05) is 6.08 Å². The number of hydrogen-bond donors (Lipinski definition) is 0. The second-order valence-electron chi connectivity index (χ2n) is 19.9. The maximum atomic E-state index is 12.9. The van der Waals surface area contributed by atoms with Crippen LogP contribution in [0.15, 0.2) is 146 Å². The lowest BCUT2D eigenvalue weighted by Gasteiger charge is -2.18. The second kappa shape index (κ2) is 62.8. The van der Waals surface area contributed by atoms with Gasteiger partial charge in [-0.1, -0.05) is 263 Å². The second-order valence-corrected chi connectivity index (χ2v) is 19.9. The summed E-state index contributed by atoms with van der Waals surface area (Å²) >= 11 is 0. The number of allylic oxidation sites excluding steroid dienone is 23. The van der Waals surface area contributed by atoms with Crippen molar-refractivity contribution in [2.24, 2.45) is 0 Å². The van der Waals surface area contributed by atoms with Crippen LogP contribution in [0.1, 0.15) is 258 Å². The molecule has 0 aromatic heterocycles. The summed E-state index contributed by atoms with van der Waals surface area (Å²) in [4.78, 5) is 38.2. The van der Waals surface area contributed by atoms with Gasteiger partial charge in [0.2, 0.25) is 0 Å². The monoisotopic (exact) mass is 1050 g/mol. The fourth-order valence-corrected chi connectivity index (χ4v) is 8.04. The molecule has 0 rings (SSSR count). The van der Waals surface area contributed by atoms with Gasteiger partial charge in [-0.2, -0.15) is 0 Å². The summed E-state index contributed by atoms with van der Waals surface area (Å²) in [6, 6.07) is 0. The fourth-order valence-electron chi connectivity index (χ4n) is 8.04. The van der Waals surface area contributed by atoms with Crippen LogP contribution in [0.4, 0.5) is 0 Å². The van der Waals surface area contributed by atoms with Crippen molar-refractivity contribution in [1.29, 1.82) is 0 Å². The highest BCUT2D eigenvalue weighted by molar-refractivity contribution is 5.72. The fraction of sp³-hybridized carbons (Fsp3) is 0.614. The molecule has 0 amide bonds. The minimum atomic E-state index is -0.832. The molecule has 428 valence electrons. The molecule has 1 unspecified atom stereocenters. The summed E-state index contributed by atoms with van der Waals surface area (Å²) in [5.41, 5.74) is 0. The molecule has 0 saturated heterocycles. The quantitative estimate of drug-likeness (QED) is 0.0261. The van der Waals surface area contributed by atoms with Crippen molar-refractivity contribution in [3.05, 3.63) is 146 Å². The zero-order valence-electron chi connectivity index (χ0n) is 49.0. The van der Waals surface area contributed by atoms with Crippen LogP contribution in [-0.2, 0) is 28.6 Å². The van der Waals surface area contributed by atoms with Crippen molar-refractivity contribution in [1.82, 2.24) is 0 Å². The first-order valence-electron chi connectivity index (χ1n) is 30.8. The largest absolute Gasteiger partial charge is 0.462 e. The third-order valence-electron chi connectivity index (χ3n) is 12.6. The van der Waals surface area contributed by atoms with Gasteiger partial charge in [0.25, 0.3) is 0 Å². The first kappa shape index (κ1) is 71.3. The lowest BCUT2D eigenvalue weighted by Crippen LogP contribution is -2.30. The Kier molecular flexibility index (Phi) is 58.9. The molecule has 76 heavy (non-hydrogen) atoms. The molecule has 0 bridgehead atoms. The minimum absolute atomic E-state index is 0.118. The number of carbonyl (C=O) groups is 3. The van der Waals surface area contributed by atoms with E-state index in [1.54, 1.807) is 6.08 Å². The Labute approximate surface area is 467 Å². The summed E-state index contributed by atoms with van der Waals surface area (Å²) in [5.74, 6) is -1.07. The Bertz CT molecular complexity index is 1680. The summed E-state index contributed by atoms with van der Waals surface area (Å²) in [5, 5.41) is 0. The number of unbranched alkanes of at least 4 members (excludes halogenated alkanes) is 20. The highest BCUT2D eigenvalue weighted by Gasteiger charge is 2.19. The van der Waals surface area contributed by atoms with Gasteiger partial charge in [0.15, 0.2) is 6.10 Å². The van der Waals surface area contributed by atoms with Crippen LogP contribution in [0.2, 0.25) is 0 Å². The topological polar surface area (TPSA) is 78.9 Å². The van der Waals surface area contributed by atoms with Crippen LogP contribution in [0, 0.1) is 0 Å². The number of hydrogen-bond acceptors (Lipinski definition) is 6. The standard InChI is InChI=1S/C70H112O6/c1-4-7-10-13-16-19-22-25-28-30-32-33-34-35-36-37-38-40-42-45-48-51-54-57-60-63-69(72)75-66-67(65-74-68(71)62-59-56-53-50-47-44-41-27-24-21-18-15-12-9-6-3)76-70(73)64-61-58-55-52-49-46-43-39-31-29-26-23-20-17-14-11-8-5-2/h7,9-10,12,16,18-21,23,25,27-29,31-33,35-36,41,47,50,56,59,67H,4-6,8,11,13-15,17,22,24,26,30,34,37-40,42-46,48-49,51-55,57-58,60-66H2,1-3H3/b10-7-,12-9-,19-16-,21-18-,23-20-,28-25-,31-29-,33-32-,36-35-,41-27-,50-47-,59-56-. The first-order chi connectivity index (χ1) is 37.5. The number of ether oxygens (including phenoxy) is 3. The average Bonchev–Trinajstić information content (AvgIpc) is 3.42. The van der Waals surface area contributed by atoms with E-state index in [1.165, 1.54) is 96.3 Å². The Morgan fingerprint density at radius 1 is 0.289 bits per heavy atom. The van der Waals surface area contributed by atoms with Crippen molar-refractivity contribution in [3.63, 3.8) is 0 Å². The molecule has 0 aliphatic carbocycles. The predicted molar refractivity (Wildman–Crippen MR) is 329 cm³/mol. The molecule has 6 nitrogen and oxygen atoms in total. The van der Waals surface area contributed by atoms with E-state index in [-0.39, 0.29) is 31.6 Å². The maximum Gasteiger partial charge on any atom is 0.309 e. The summed E-state index contributed by atoms with van der Waals surface area (Å²) in [7, 11) is 0. The van der Waals surface area contributed by atoms with Gasteiger partial charge >= 0.3 is 17.9 Å². The van der Waals surface area contributed by atoms with Gasteiger partial charge in [-0.25, -0.2) is 0 Å². The molecule has 0 saturated carbocycles. The van der Waals surface area contributed by atoms with E-state index in [2.05, 4.69) is 154 Å². The molecular weight excluding hydrogens is 937 g/mol. The zero-order valence-corrected chi connectivity index (χ0v) is 49.0. The summed E-state index contributed by atoms with van der Waals surface area (Å²) < 4.78 is 16.8. The summed E-state index contributed by atoms with van der Waals surface area (Å²) in [6.45, 7) is 6.30. The first-order valence-corrected chi connectivity index (χ1v) is 30.8. The van der Waals surface area contributed by atoms with Crippen LogP contribution in [-0.4, -0.2) is 37.2 Å². The van der Waals surface area contributed by atoms with E-state index >= 15 is 0 Å².